The Hall–Kier alpha value is -1.81. The molecule has 0 amide bonds. The largest absolute Gasteiger partial charge is 0.478 e. The van der Waals surface area contributed by atoms with Gasteiger partial charge in [0.1, 0.15) is 0 Å². The van der Waals surface area contributed by atoms with Crippen LogP contribution in [-0.2, 0) is 0 Å². The Balaban J connectivity index is 2.30. The molecule has 0 aliphatic rings. The van der Waals surface area contributed by atoms with Crippen LogP contribution in [0.15, 0.2) is 35.7 Å². The molecule has 0 spiro atoms. The highest BCUT2D eigenvalue weighted by atomic mass is 32.1. The fraction of sp³-hybridized carbons (Fsp3) is 0.312. The highest BCUT2D eigenvalue weighted by Crippen LogP contribution is 2.29. The van der Waals surface area contributed by atoms with Gasteiger partial charge in [-0.05, 0) is 42.5 Å². The highest BCUT2D eigenvalue weighted by Gasteiger charge is 2.16. The van der Waals surface area contributed by atoms with Gasteiger partial charge in [-0.15, -0.1) is 11.3 Å². The van der Waals surface area contributed by atoms with E-state index in [-0.39, 0.29) is 6.04 Å². The molecule has 4 heteroatoms. The zero-order chi connectivity index (χ0) is 14.5. The fourth-order valence-corrected chi connectivity index (χ4v) is 3.03. The number of benzene rings is 1. The molecule has 2 aromatic rings. The molecule has 0 aliphatic heterocycles. The first kappa shape index (κ1) is 14.6. The van der Waals surface area contributed by atoms with E-state index in [1.165, 1.54) is 4.88 Å². The average molecular weight is 289 g/mol. The maximum absolute atomic E-state index is 11.3. The van der Waals surface area contributed by atoms with Gasteiger partial charge in [-0.2, -0.15) is 0 Å². The number of aromatic carboxylic acids is 1. The van der Waals surface area contributed by atoms with Gasteiger partial charge in [0, 0.05) is 10.6 Å². The fourth-order valence-electron chi connectivity index (χ4n) is 2.22. The summed E-state index contributed by atoms with van der Waals surface area (Å²) in [7, 11) is 0. The van der Waals surface area contributed by atoms with Crippen molar-refractivity contribution in [3.8, 4) is 0 Å². The molecule has 1 atom stereocenters. The molecule has 1 aromatic carbocycles. The number of aryl methyl sites for hydroxylation is 1. The summed E-state index contributed by atoms with van der Waals surface area (Å²) < 4.78 is 0. The summed E-state index contributed by atoms with van der Waals surface area (Å²) in [6.45, 7) is 4.10. The summed E-state index contributed by atoms with van der Waals surface area (Å²) in [5.74, 6) is -0.895. The van der Waals surface area contributed by atoms with Gasteiger partial charge in [0.2, 0.25) is 0 Å². The third-order valence-electron chi connectivity index (χ3n) is 3.20. The summed E-state index contributed by atoms with van der Waals surface area (Å²) in [6, 6.07) is 9.68. The predicted molar refractivity (Wildman–Crippen MR) is 83.7 cm³/mol. The monoisotopic (exact) mass is 289 g/mol. The number of anilines is 1. The zero-order valence-corrected chi connectivity index (χ0v) is 12.5. The first-order valence-corrected chi connectivity index (χ1v) is 7.63. The van der Waals surface area contributed by atoms with Crippen LogP contribution in [0, 0.1) is 6.92 Å². The third kappa shape index (κ3) is 3.39. The van der Waals surface area contributed by atoms with Crippen molar-refractivity contribution in [1.29, 1.82) is 0 Å². The van der Waals surface area contributed by atoms with Crippen molar-refractivity contribution >= 4 is 23.0 Å². The van der Waals surface area contributed by atoms with Crippen LogP contribution in [0.25, 0.3) is 0 Å². The second-order valence-corrected chi connectivity index (χ2v) is 5.83. The van der Waals surface area contributed by atoms with E-state index in [1.807, 2.05) is 30.5 Å². The third-order valence-corrected chi connectivity index (χ3v) is 4.19. The van der Waals surface area contributed by atoms with Crippen LogP contribution in [0.2, 0.25) is 0 Å². The Morgan fingerprint density at radius 2 is 2.20 bits per heavy atom. The van der Waals surface area contributed by atoms with Gasteiger partial charge in [-0.1, -0.05) is 25.5 Å². The minimum absolute atomic E-state index is 0.167. The van der Waals surface area contributed by atoms with Crippen LogP contribution in [0.4, 0.5) is 5.69 Å². The standard InChI is InChI=1S/C16H19NO2S/c1-3-5-13(15-6-4-9-20-15)17-14-10-11(2)7-8-12(14)16(18)19/h4,6-10,13,17H,3,5H2,1-2H3,(H,18,19). The quantitative estimate of drug-likeness (QED) is 0.809. The van der Waals surface area contributed by atoms with Gasteiger partial charge in [-0.25, -0.2) is 4.79 Å². The van der Waals surface area contributed by atoms with Crippen LogP contribution < -0.4 is 5.32 Å². The Kier molecular flexibility index (Phi) is 4.79. The topological polar surface area (TPSA) is 49.3 Å². The maximum Gasteiger partial charge on any atom is 0.337 e. The van der Waals surface area contributed by atoms with Crippen LogP contribution in [0.3, 0.4) is 0 Å². The lowest BCUT2D eigenvalue weighted by Crippen LogP contribution is -2.12. The smallest absolute Gasteiger partial charge is 0.337 e. The van der Waals surface area contributed by atoms with Crippen molar-refractivity contribution in [2.45, 2.75) is 32.7 Å². The van der Waals surface area contributed by atoms with Gasteiger partial charge in [0.05, 0.1) is 11.6 Å². The molecule has 2 rings (SSSR count). The Bertz CT molecular complexity index is 578. The van der Waals surface area contributed by atoms with E-state index in [9.17, 15) is 9.90 Å². The van der Waals surface area contributed by atoms with Crippen molar-refractivity contribution in [2.75, 3.05) is 5.32 Å². The highest BCUT2D eigenvalue weighted by molar-refractivity contribution is 7.10. The van der Waals surface area contributed by atoms with Crippen LogP contribution in [-0.4, -0.2) is 11.1 Å². The van der Waals surface area contributed by atoms with Crippen molar-refractivity contribution in [3.05, 3.63) is 51.7 Å². The molecule has 0 saturated carbocycles. The summed E-state index contributed by atoms with van der Waals surface area (Å²) in [5.41, 5.74) is 2.08. The normalized spacial score (nSPS) is 12.1. The van der Waals surface area contributed by atoms with E-state index < -0.39 is 5.97 Å². The lowest BCUT2D eigenvalue weighted by Gasteiger charge is -2.20. The second kappa shape index (κ2) is 6.57. The van der Waals surface area contributed by atoms with Crippen molar-refractivity contribution in [1.82, 2.24) is 0 Å². The molecule has 1 heterocycles. The number of carboxylic acids is 1. The maximum atomic E-state index is 11.3. The minimum atomic E-state index is -0.895. The molecular weight excluding hydrogens is 270 g/mol. The number of nitrogens with one attached hydrogen (secondary N) is 1. The van der Waals surface area contributed by atoms with Crippen molar-refractivity contribution in [2.24, 2.45) is 0 Å². The van der Waals surface area contributed by atoms with Gasteiger partial charge in [-0.3, -0.25) is 0 Å². The number of carboxylic acid groups (broad SMARTS) is 1. The molecule has 1 unspecified atom stereocenters. The van der Waals surface area contributed by atoms with E-state index in [1.54, 1.807) is 17.4 Å². The average Bonchev–Trinajstić information content (AvgIpc) is 2.91. The van der Waals surface area contributed by atoms with Gasteiger partial charge in [0.15, 0.2) is 0 Å². The number of hydrogen-bond donors (Lipinski definition) is 2. The van der Waals surface area contributed by atoms with E-state index in [4.69, 9.17) is 0 Å². The van der Waals surface area contributed by atoms with E-state index in [0.29, 0.717) is 11.3 Å². The summed E-state index contributed by atoms with van der Waals surface area (Å²) in [5, 5.41) is 14.7. The van der Waals surface area contributed by atoms with Gasteiger partial charge in [0.25, 0.3) is 0 Å². The van der Waals surface area contributed by atoms with Crippen LogP contribution in [0.1, 0.15) is 46.6 Å². The van der Waals surface area contributed by atoms with Crippen molar-refractivity contribution < 1.29 is 9.90 Å². The van der Waals surface area contributed by atoms with Gasteiger partial charge < -0.3 is 10.4 Å². The SMILES string of the molecule is CCCC(Nc1cc(C)ccc1C(=O)O)c1cccs1. The lowest BCUT2D eigenvalue weighted by atomic mass is 10.1. The van der Waals surface area contributed by atoms with E-state index in [0.717, 1.165) is 18.4 Å². The molecule has 0 radical (unpaired) electrons. The number of hydrogen-bond acceptors (Lipinski definition) is 3. The zero-order valence-electron chi connectivity index (χ0n) is 11.7. The number of rotatable bonds is 6. The molecule has 0 saturated heterocycles. The second-order valence-electron chi connectivity index (χ2n) is 4.86. The molecule has 1 aromatic heterocycles. The lowest BCUT2D eigenvalue weighted by molar-refractivity contribution is 0.0698. The van der Waals surface area contributed by atoms with E-state index in [2.05, 4.69) is 18.3 Å². The Labute approximate surface area is 123 Å². The molecule has 3 nitrogen and oxygen atoms in total. The predicted octanol–water partition coefficient (Wildman–Crippen LogP) is 4.71. The van der Waals surface area contributed by atoms with Crippen LogP contribution >= 0.6 is 11.3 Å². The summed E-state index contributed by atoms with van der Waals surface area (Å²) in [4.78, 5) is 12.6. The number of carbonyl (C=O) groups is 1. The first-order valence-electron chi connectivity index (χ1n) is 6.75. The molecule has 0 fully saturated rings. The summed E-state index contributed by atoms with van der Waals surface area (Å²) in [6.07, 6.45) is 2.03. The Morgan fingerprint density at radius 1 is 1.40 bits per heavy atom. The molecule has 20 heavy (non-hydrogen) atoms. The van der Waals surface area contributed by atoms with Crippen LogP contribution in [0.5, 0.6) is 0 Å². The first-order chi connectivity index (χ1) is 9.61. The summed E-state index contributed by atoms with van der Waals surface area (Å²) >= 11 is 1.70. The molecule has 2 N–H and O–H groups in total. The Morgan fingerprint density at radius 3 is 2.80 bits per heavy atom. The van der Waals surface area contributed by atoms with E-state index >= 15 is 0 Å². The van der Waals surface area contributed by atoms with Crippen molar-refractivity contribution in [3.63, 3.8) is 0 Å². The molecular formula is C16H19NO2S. The minimum Gasteiger partial charge on any atom is -0.478 e. The molecule has 106 valence electrons. The molecule has 0 aliphatic carbocycles. The van der Waals surface area contributed by atoms with Gasteiger partial charge >= 0.3 is 5.97 Å². The molecule has 0 bridgehead atoms. The number of thiophene rings is 1.